The molecule has 0 saturated carbocycles. The molecular formula is C16H25NO2S. The molecule has 1 aromatic carbocycles. The number of ether oxygens (including phenoxy) is 2. The van der Waals surface area contributed by atoms with Gasteiger partial charge in [-0.2, -0.15) is 11.8 Å². The van der Waals surface area contributed by atoms with Gasteiger partial charge in [-0.15, -0.1) is 0 Å². The molecule has 3 nitrogen and oxygen atoms in total. The van der Waals surface area contributed by atoms with Gasteiger partial charge in [0.05, 0.1) is 11.3 Å². The average molecular weight is 295 g/mol. The Kier molecular flexibility index (Phi) is 6.70. The van der Waals surface area contributed by atoms with Crippen molar-refractivity contribution in [1.82, 2.24) is 5.32 Å². The van der Waals surface area contributed by atoms with E-state index in [4.69, 9.17) is 9.47 Å². The molecule has 1 heterocycles. The zero-order chi connectivity index (χ0) is 14.2. The molecule has 2 unspecified atom stereocenters. The first-order valence-electron chi connectivity index (χ1n) is 7.42. The lowest BCUT2D eigenvalue weighted by atomic mass is 10.00. The first-order chi connectivity index (χ1) is 9.86. The van der Waals surface area contributed by atoms with E-state index in [0.29, 0.717) is 11.3 Å². The fourth-order valence-electron chi connectivity index (χ4n) is 2.46. The van der Waals surface area contributed by atoms with Gasteiger partial charge in [0.25, 0.3) is 0 Å². The van der Waals surface area contributed by atoms with Crippen molar-refractivity contribution in [3.8, 4) is 5.75 Å². The van der Waals surface area contributed by atoms with E-state index in [9.17, 15) is 0 Å². The summed E-state index contributed by atoms with van der Waals surface area (Å²) in [4.78, 5) is 0. The molecule has 1 aliphatic heterocycles. The fourth-order valence-corrected chi connectivity index (χ4v) is 3.65. The number of hydrogen-bond acceptors (Lipinski definition) is 4. The number of nitrogens with one attached hydrogen (secondary N) is 1. The van der Waals surface area contributed by atoms with E-state index >= 15 is 0 Å². The van der Waals surface area contributed by atoms with Gasteiger partial charge in [-0.1, -0.05) is 25.1 Å². The standard InChI is InChI=1S/C16H25NO2S/c1-3-9-17-16-13-7-4-5-8-14(13)19-12-15(16)20-11-6-10-18-2/h4-5,7-8,15-17H,3,6,9-12H2,1-2H3. The van der Waals surface area contributed by atoms with E-state index in [-0.39, 0.29) is 0 Å². The average Bonchev–Trinajstić information content (AvgIpc) is 2.50. The molecule has 4 heteroatoms. The summed E-state index contributed by atoms with van der Waals surface area (Å²) in [5.41, 5.74) is 1.30. The Labute approximate surface area is 126 Å². The van der Waals surface area contributed by atoms with Crippen molar-refractivity contribution in [3.63, 3.8) is 0 Å². The van der Waals surface area contributed by atoms with Crippen LogP contribution in [0.5, 0.6) is 5.75 Å². The first kappa shape index (κ1) is 15.7. The maximum atomic E-state index is 5.91. The molecule has 1 N–H and O–H groups in total. The minimum Gasteiger partial charge on any atom is -0.492 e. The molecule has 0 bridgehead atoms. The van der Waals surface area contributed by atoms with Crippen LogP contribution in [0.25, 0.3) is 0 Å². The molecule has 112 valence electrons. The maximum Gasteiger partial charge on any atom is 0.124 e. The Bertz CT molecular complexity index is 400. The van der Waals surface area contributed by atoms with Crippen molar-refractivity contribution >= 4 is 11.8 Å². The third kappa shape index (κ3) is 4.14. The van der Waals surface area contributed by atoms with Crippen molar-refractivity contribution < 1.29 is 9.47 Å². The van der Waals surface area contributed by atoms with Crippen LogP contribution in [0.1, 0.15) is 31.4 Å². The van der Waals surface area contributed by atoms with Crippen molar-refractivity contribution in [3.05, 3.63) is 29.8 Å². The Morgan fingerprint density at radius 2 is 2.25 bits per heavy atom. The second-order valence-electron chi connectivity index (χ2n) is 5.04. The van der Waals surface area contributed by atoms with Crippen LogP contribution in [0.3, 0.4) is 0 Å². The predicted molar refractivity (Wildman–Crippen MR) is 85.7 cm³/mol. The Hall–Kier alpha value is -0.710. The lowest BCUT2D eigenvalue weighted by Gasteiger charge is -2.34. The molecule has 0 amide bonds. The van der Waals surface area contributed by atoms with E-state index in [2.05, 4.69) is 30.4 Å². The summed E-state index contributed by atoms with van der Waals surface area (Å²) in [6, 6.07) is 8.79. The highest BCUT2D eigenvalue weighted by Gasteiger charge is 2.30. The van der Waals surface area contributed by atoms with Gasteiger partial charge in [-0.25, -0.2) is 0 Å². The molecule has 0 saturated heterocycles. The Balaban J connectivity index is 2.00. The van der Waals surface area contributed by atoms with Gasteiger partial charge >= 0.3 is 0 Å². The summed E-state index contributed by atoms with van der Waals surface area (Å²) in [5.74, 6) is 2.16. The molecule has 2 atom stereocenters. The van der Waals surface area contributed by atoms with Crippen LogP contribution in [0.2, 0.25) is 0 Å². The topological polar surface area (TPSA) is 30.5 Å². The molecule has 20 heavy (non-hydrogen) atoms. The summed E-state index contributed by atoms with van der Waals surface area (Å²) in [6.45, 7) is 4.88. The Morgan fingerprint density at radius 1 is 1.40 bits per heavy atom. The largest absolute Gasteiger partial charge is 0.492 e. The summed E-state index contributed by atoms with van der Waals surface area (Å²) >= 11 is 1.99. The molecule has 0 fully saturated rings. The number of thioether (sulfide) groups is 1. The summed E-state index contributed by atoms with van der Waals surface area (Å²) in [7, 11) is 1.76. The van der Waals surface area contributed by atoms with Gasteiger partial charge in [0, 0.05) is 19.3 Å². The van der Waals surface area contributed by atoms with Crippen molar-refractivity contribution in [1.29, 1.82) is 0 Å². The van der Waals surface area contributed by atoms with Gasteiger partial charge in [0.1, 0.15) is 12.4 Å². The van der Waals surface area contributed by atoms with Crippen LogP contribution in [0.4, 0.5) is 0 Å². The molecule has 0 aliphatic carbocycles. The number of para-hydroxylation sites is 1. The van der Waals surface area contributed by atoms with Crippen LogP contribution < -0.4 is 10.1 Å². The molecule has 0 aromatic heterocycles. The Morgan fingerprint density at radius 3 is 3.05 bits per heavy atom. The number of fused-ring (bicyclic) bond motifs is 1. The summed E-state index contributed by atoms with van der Waals surface area (Å²) < 4.78 is 11.0. The molecular weight excluding hydrogens is 270 g/mol. The van der Waals surface area contributed by atoms with Crippen molar-refractivity contribution in [2.24, 2.45) is 0 Å². The minimum atomic E-state index is 0.396. The van der Waals surface area contributed by atoms with Crippen LogP contribution in [0.15, 0.2) is 24.3 Å². The monoisotopic (exact) mass is 295 g/mol. The van der Waals surface area contributed by atoms with E-state index in [1.54, 1.807) is 7.11 Å². The van der Waals surface area contributed by atoms with Gasteiger partial charge in [-0.3, -0.25) is 0 Å². The number of methoxy groups -OCH3 is 1. The second-order valence-corrected chi connectivity index (χ2v) is 6.38. The maximum absolute atomic E-state index is 5.91. The summed E-state index contributed by atoms with van der Waals surface area (Å²) in [6.07, 6.45) is 2.25. The highest BCUT2D eigenvalue weighted by Crippen LogP contribution is 2.37. The quantitative estimate of drug-likeness (QED) is 0.746. The van der Waals surface area contributed by atoms with E-state index in [1.807, 2.05) is 17.8 Å². The third-order valence-electron chi connectivity index (χ3n) is 3.47. The van der Waals surface area contributed by atoms with Crippen molar-refractivity contribution in [2.45, 2.75) is 31.1 Å². The molecule has 0 spiro atoms. The number of hydrogen-bond donors (Lipinski definition) is 1. The highest BCUT2D eigenvalue weighted by atomic mass is 32.2. The zero-order valence-corrected chi connectivity index (χ0v) is 13.2. The van der Waals surface area contributed by atoms with Crippen LogP contribution in [0, 0.1) is 0 Å². The molecule has 1 aliphatic rings. The number of rotatable bonds is 8. The van der Waals surface area contributed by atoms with Gasteiger partial charge < -0.3 is 14.8 Å². The van der Waals surface area contributed by atoms with E-state index in [0.717, 1.165) is 44.1 Å². The lowest BCUT2D eigenvalue weighted by molar-refractivity contribution is 0.200. The minimum absolute atomic E-state index is 0.396. The van der Waals surface area contributed by atoms with Crippen LogP contribution in [-0.4, -0.2) is 37.9 Å². The summed E-state index contributed by atoms with van der Waals surface area (Å²) in [5, 5.41) is 4.17. The number of benzene rings is 1. The van der Waals surface area contributed by atoms with E-state index < -0.39 is 0 Å². The van der Waals surface area contributed by atoms with Gasteiger partial charge in [-0.05, 0) is 31.2 Å². The van der Waals surface area contributed by atoms with Crippen LogP contribution in [-0.2, 0) is 4.74 Å². The molecule has 0 radical (unpaired) electrons. The molecule has 2 rings (SSSR count). The third-order valence-corrected chi connectivity index (χ3v) is 4.83. The molecule has 1 aromatic rings. The smallest absolute Gasteiger partial charge is 0.124 e. The van der Waals surface area contributed by atoms with Crippen LogP contribution >= 0.6 is 11.8 Å². The normalized spacial score (nSPS) is 21.3. The SMILES string of the molecule is CCCNC1c2ccccc2OCC1SCCCOC. The zero-order valence-electron chi connectivity index (χ0n) is 12.4. The second kappa shape index (κ2) is 8.55. The predicted octanol–water partition coefficient (Wildman–Crippen LogP) is 3.26. The highest BCUT2D eigenvalue weighted by molar-refractivity contribution is 7.99. The van der Waals surface area contributed by atoms with Crippen molar-refractivity contribution in [2.75, 3.05) is 32.6 Å². The first-order valence-corrected chi connectivity index (χ1v) is 8.47. The van der Waals surface area contributed by atoms with Gasteiger partial charge in [0.15, 0.2) is 0 Å². The fraction of sp³-hybridized carbons (Fsp3) is 0.625. The van der Waals surface area contributed by atoms with Gasteiger partial charge in [0.2, 0.25) is 0 Å². The van der Waals surface area contributed by atoms with E-state index in [1.165, 1.54) is 5.56 Å². The lowest BCUT2D eigenvalue weighted by Crippen LogP contribution is -2.38.